The van der Waals surface area contributed by atoms with Crippen LogP contribution in [0.25, 0.3) is 0 Å². The molecule has 3 rings (SSSR count). The van der Waals surface area contributed by atoms with Crippen LogP contribution < -0.4 is 10.1 Å². The summed E-state index contributed by atoms with van der Waals surface area (Å²) in [6.45, 7) is 4.95. The third-order valence-electron chi connectivity index (χ3n) is 5.79. The van der Waals surface area contributed by atoms with Crippen LogP contribution in [-0.2, 0) is 22.7 Å². The van der Waals surface area contributed by atoms with Crippen LogP contribution in [-0.4, -0.2) is 36.6 Å². The minimum atomic E-state index is -0.482. The highest BCUT2D eigenvalue weighted by Crippen LogP contribution is 2.27. The number of hydrogen-bond donors (Lipinski definition) is 1. The first-order valence-corrected chi connectivity index (χ1v) is 11.1. The Balaban J connectivity index is 1.62. The molecule has 1 fully saturated rings. The largest absolute Gasteiger partial charge is 0.497 e. The normalized spacial score (nSPS) is 17.8. The Morgan fingerprint density at radius 1 is 1.06 bits per heavy atom. The number of nitrogens with zero attached hydrogens (tertiary/aromatic N) is 1. The van der Waals surface area contributed by atoms with Gasteiger partial charge in [0.2, 0.25) is 5.91 Å². The van der Waals surface area contributed by atoms with Crippen molar-refractivity contribution in [3.63, 3.8) is 0 Å². The molecule has 0 aromatic heterocycles. The fourth-order valence-corrected chi connectivity index (χ4v) is 4.09. The fourth-order valence-electron chi connectivity index (χ4n) is 4.09. The SMILES string of the molecule is C=CCN(Cc1ccc(OC)cc1)C(=O)[C@@H]1CCCC[C@@H]1NC(=O)OCc1ccccc1. The van der Waals surface area contributed by atoms with Crippen LogP contribution in [0.1, 0.15) is 36.8 Å². The van der Waals surface area contributed by atoms with Crippen molar-refractivity contribution in [3.05, 3.63) is 78.4 Å². The zero-order chi connectivity index (χ0) is 22.8. The molecule has 0 spiro atoms. The topological polar surface area (TPSA) is 67.9 Å². The van der Waals surface area contributed by atoms with E-state index in [9.17, 15) is 9.59 Å². The Kier molecular flexibility index (Phi) is 8.72. The minimum Gasteiger partial charge on any atom is -0.497 e. The van der Waals surface area contributed by atoms with Crippen molar-refractivity contribution in [2.24, 2.45) is 5.92 Å². The maximum atomic E-state index is 13.4. The number of rotatable bonds is 9. The number of ether oxygens (including phenoxy) is 2. The Morgan fingerprint density at radius 3 is 2.47 bits per heavy atom. The fraction of sp³-hybridized carbons (Fsp3) is 0.385. The molecule has 1 N–H and O–H groups in total. The van der Waals surface area contributed by atoms with Gasteiger partial charge in [-0.25, -0.2) is 4.79 Å². The van der Waals surface area contributed by atoms with Gasteiger partial charge in [-0.3, -0.25) is 4.79 Å². The summed E-state index contributed by atoms with van der Waals surface area (Å²) < 4.78 is 10.6. The molecule has 0 bridgehead atoms. The summed E-state index contributed by atoms with van der Waals surface area (Å²) in [4.78, 5) is 27.7. The number of alkyl carbamates (subject to hydrolysis) is 1. The summed E-state index contributed by atoms with van der Waals surface area (Å²) in [7, 11) is 1.63. The predicted molar refractivity (Wildman–Crippen MR) is 124 cm³/mol. The van der Waals surface area contributed by atoms with Crippen molar-refractivity contribution >= 4 is 12.0 Å². The van der Waals surface area contributed by atoms with Crippen molar-refractivity contribution in [1.29, 1.82) is 0 Å². The van der Waals surface area contributed by atoms with Crippen molar-refractivity contribution in [2.75, 3.05) is 13.7 Å². The average molecular weight is 437 g/mol. The second-order valence-corrected chi connectivity index (χ2v) is 8.06. The number of hydrogen-bond acceptors (Lipinski definition) is 4. The van der Waals surface area contributed by atoms with E-state index in [4.69, 9.17) is 9.47 Å². The van der Waals surface area contributed by atoms with Crippen LogP contribution in [0.5, 0.6) is 5.75 Å². The third kappa shape index (κ3) is 6.61. The van der Waals surface area contributed by atoms with Crippen LogP contribution >= 0.6 is 0 Å². The Bertz CT molecular complexity index is 882. The van der Waals surface area contributed by atoms with Gasteiger partial charge in [0.25, 0.3) is 0 Å². The standard InChI is InChI=1S/C26H32N2O4/c1-3-17-28(18-20-13-15-22(31-2)16-14-20)25(29)23-11-7-8-12-24(23)27-26(30)32-19-21-9-5-4-6-10-21/h3-6,9-10,13-16,23-24H,1,7-8,11-12,17-19H2,2H3,(H,27,30)/t23-,24+/m1/s1. The molecule has 32 heavy (non-hydrogen) atoms. The van der Waals surface area contributed by atoms with E-state index < -0.39 is 6.09 Å². The molecule has 1 aliphatic carbocycles. The minimum absolute atomic E-state index is 0.0359. The lowest BCUT2D eigenvalue weighted by atomic mass is 9.83. The zero-order valence-electron chi connectivity index (χ0n) is 18.7. The zero-order valence-corrected chi connectivity index (χ0v) is 18.7. The Hall–Kier alpha value is -3.28. The molecule has 0 saturated heterocycles. The van der Waals surface area contributed by atoms with Gasteiger partial charge >= 0.3 is 6.09 Å². The van der Waals surface area contributed by atoms with Gasteiger partial charge in [0.05, 0.1) is 13.0 Å². The molecular formula is C26H32N2O4. The molecule has 6 nitrogen and oxygen atoms in total. The molecule has 170 valence electrons. The number of nitrogens with one attached hydrogen (secondary N) is 1. The van der Waals surface area contributed by atoms with Gasteiger partial charge in [-0.05, 0) is 36.1 Å². The molecule has 2 atom stereocenters. The Morgan fingerprint density at radius 2 is 1.78 bits per heavy atom. The van der Waals surface area contributed by atoms with Gasteiger partial charge in [-0.2, -0.15) is 0 Å². The summed E-state index contributed by atoms with van der Waals surface area (Å²) >= 11 is 0. The van der Waals surface area contributed by atoms with Crippen LogP contribution in [0.3, 0.4) is 0 Å². The molecule has 1 aliphatic rings. The number of benzene rings is 2. The number of carbonyl (C=O) groups is 2. The van der Waals surface area contributed by atoms with E-state index in [0.717, 1.165) is 42.6 Å². The molecule has 1 saturated carbocycles. The van der Waals surface area contributed by atoms with Crippen LogP contribution in [0, 0.1) is 5.92 Å². The number of methoxy groups -OCH3 is 1. The van der Waals surface area contributed by atoms with Crippen molar-refractivity contribution in [3.8, 4) is 5.75 Å². The molecule has 2 aromatic carbocycles. The first kappa shape index (κ1) is 23.4. The van der Waals surface area contributed by atoms with Crippen LogP contribution in [0.2, 0.25) is 0 Å². The lowest BCUT2D eigenvalue weighted by Gasteiger charge is -2.34. The quantitative estimate of drug-likeness (QED) is 0.579. The van der Waals surface area contributed by atoms with E-state index in [2.05, 4.69) is 11.9 Å². The van der Waals surface area contributed by atoms with E-state index >= 15 is 0 Å². The first-order chi connectivity index (χ1) is 15.6. The summed E-state index contributed by atoms with van der Waals surface area (Å²) in [5.41, 5.74) is 1.94. The maximum absolute atomic E-state index is 13.4. The molecule has 6 heteroatoms. The summed E-state index contributed by atoms with van der Waals surface area (Å²) in [6, 6.07) is 17.0. The molecule has 0 aliphatic heterocycles. The molecule has 0 radical (unpaired) electrons. The highest BCUT2D eigenvalue weighted by Gasteiger charge is 2.34. The van der Waals surface area contributed by atoms with E-state index in [1.165, 1.54) is 0 Å². The smallest absolute Gasteiger partial charge is 0.407 e. The van der Waals surface area contributed by atoms with E-state index in [1.807, 2.05) is 54.6 Å². The maximum Gasteiger partial charge on any atom is 0.407 e. The second kappa shape index (κ2) is 11.9. The van der Waals surface area contributed by atoms with Crippen molar-refractivity contribution < 1.29 is 19.1 Å². The molecule has 2 aromatic rings. The monoisotopic (exact) mass is 436 g/mol. The first-order valence-electron chi connectivity index (χ1n) is 11.1. The summed E-state index contributed by atoms with van der Waals surface area (Å²) in [5, 5.41) is 2.95. The summed E-state index contributed by atoms with van der Waals surface area (Å²) in [6.07, 6.45) is 4.72. The predicted octanol–water partition coefficient (Wildman–Crippen LogP) is 4.70. The molecule has 0 unspecified atom stereocenters. The number of amides is 2. The van der Waals surface area contributed by atoms with E-state index in [-0.39, 0.29) is 24.5 Å². The van der Waals surface area contributed by atoms with Gasteiger partial charge in [0.1, 0.15) is 12.4 Å². The van der Waals surface area contributed by atoms with Gasteiger partial charge < -0.3 is 19.7 Å². The van der Waals surface area contributed by atoms with E-state index in [1.54, 1.807) is 18.1 Å². The van der Waals surface area contributed by atoms with Gasteiger partial charge in [-0.1, -0.05) is 61.4 Å². The van der Waals surface area contributed by atoms with Gasteiger partial charge in [0, 0.05) is 19.1 Å². The highest BCUT2D eigenvalue weighted by atomic mass is 16.5. The molecule has 2 amide bonds. The Labute approximate surface area is 190 Å². The molecular weight excluding hydrogens is 404 g/mol. The molecule has 0 heterocycles. The van der Waals surface area contributed by atoms with Crippen LogP contribution in [0.15, 0.2) is 67.3 Å². The number of carbonyl (C=O) groups excluding carboxylic acids is 2. The van der Waals surface area contributed by atoms with Crippen molar-refractivity contribution in [2.45, 2.75) is 44.9 Å². The second-order valence-electron chi connectivity index (χ2n) is 8.06. The van der Waals surface area contributed by atoms with Gasteiger partial charge in [-0.15, -0.1) is 6.58 Å². The van der Waals surface area contributed by atoms with Gasteiger partial charge in [0.15, 0.2) is 0 Å². The third-order valence-corrected chi connectivity index (χ3v) is 5.79. The van der Waals surface area contributed by atoms with Crippen LogP contribution in [0.4, 0.5) is 4.79 Å². The average Bonchev–Trinajstić information content (AvgIpc) is 2.83. The van der Waals surface area contributed by atoms with E-state index in [0.29, 0.717) is 13.1 Å². The lowest BCUT2D eigenvalue weighted by molar-refractivity contribution is -0.137. The summed E-state index contributed by atoms with van der Waals surface area (Å²) in [5.74, 6) is 0.543. The van der Waals surface area contributed by atoms with Crippen molar-refractivity contribution in [1.82, 2.24) is 10.2 Å². The lowest BCUT2D eigenvalue weighted by Crippen LogP contribution is -2.49. The highest BCUT2D eigenvalue weighted by molar-refractivity contribution is 5.81.